The zero-order valence-electron chi connectivity index (χ0n) is 14.6. The smallest absolute Gasteiger partial charge is 0.240 e. The molecule has 1 aromatic heterocycles. The largest absolute Gasteiger partial charge is 0.395 e. The van der Waals surface area contributed by atoms with Gasteiger partial charge in [-0.05, 0) is 31.5 Å². The first-order valence-corrected chi connectivity index (χ1v) is 9.65. The van der Waals surface area contributed by atoms with E-state index in [-0.39, 0.29) is 18.0 Å². The lowest BCUT2D eigenvalue weighted by Crippen LogP contribution is -2.26. The summed E-state index contributed by atoms with van der Waals surface area (Å²) < 4.78 is 31.9. The van der Waals surface area contributed by atoms with Gasteiger partial charge >= 0.3 is 0 Å². The van der Waals surface area contributed by atoms with Crippen LogP contribution in [0.25, 0.3) is 22.4 Å². The van der Waals surface area contributed by atoms with Crippen molar-refractivity contribution in [1.82, 2.24) is 9.88 Å². The van der Waals surface area contributed by atoms with Crippen LogP contribution in [0.15, 0.2) is 57.9 Å². The maximum Gasteiger partial charge on any atom is 0.240 e. The zero-order valence-corrected chi connectivity index (χ0v) is 15.4. The minimum Gasteiger partial charge on any atom is -0.395 e. The van der Waals surface area contributed by atoms with Crippen molar-refractivity contribution in [2.24, 2.45) is 0 Å². The predicted octanol–water partition coefficient (Wildman–Crippen LogP) is 2.90. The molecule has 1 heterocycles. The van der Waals surface area contributed by atoms with Gasteiger partial charge in [-0.15, -0.1) is 0 Å². The van der Waals surface area contributed by atoms with E-state index in [9.17, 15) is 8.42 Å². The number of nitrogens with one attached hydrogen (secondary N) is 1. The van der Waals surface area contributed by atoms with Crippen molar-refractivity contribution in [2.45, 2.75) is 18.7 Å². The van der Waals surface area contributed by atoms with Crippen molar-refractivity contribution in [2.75, 3.05) is 13.2 Å². The molecule has 3 rings (SSSR count). The SMILES string of the molecule is Cc1ccc(-c2noc(C)c2-c2ccc(S(=O)(=O)NCCO)cc2)cc1. The number of benzene rings is 2. The molecule has 0 aliphatic heterocycles. The second-order valence-electron chi connectivity index (χ2n) is 5.97. The fourth-order valence-corrected chi connectivity index (χ4v) is 3.71. The van der Waals surface area contributed by atoms with Gasteiger partial charge in [0, 0.05) is 12.1 Å². The minimum atomic E-state index is -3.63. The van der Waals surface area contributed by atoms with Gasteiger partial charge in [-0.3, -0.25) is 0 Å². The Kier molecular flexibility index (Phi) is 5.22. The van der Waals surface area contributed by atoms with Gasteiger partial charge in [0.05, 0.1) is 17.1 Å². The third-order valence-corrected chi connectivity index (χ3v) is 5.52. The van der Waals surface area contributed by atoms with E-state index in [0.717, 1.165) is 27.9 Å². The van der Waals surface area contributed by atoms with E-state index < -0.39 is 10.0 Å². The zero-order chi connectivity index (χ0) is 18.7. The molecule has 0 atom stereocenters. The quantitative estimate of drug-likeness (QED) is 0.694. The van der Waals surface area contributed by atoms with Crippen molar-refractivity contribution in [3.05, 3.63) is 59.9 Å². The third-order valence-electron chi connectivity index (χ3n) is 4.04. The molecule has 0 saturated heterocycles. The van der Waals surface area contributed by atoms with Gasteiger partial charge in [0.1, 0.15) is 11.5 Å². The molecule has 0 aliphatic carbocycles. The summed E-state index contributed by atoms with van der Waals surface area (Å²) in [6, 6.07) is 14.5. The maximum absolute atomic E-state index is 12.1. The summed E-state index contributed by atoms with van der Waals surface area (Å²) >= 11 is 0. The molecule has 3 aromatic rings. The molecule has 0 unspecified atom stereocenters. The summed E-state index contributed by atoms with van der Waals surface area (Å²) in [5.74, 6) is 0.662. The number of aliphatic hydroxyl groups is 1. The molecule has 7 heteroatoms. The minimum absolute atomic E-state index is 0.0214. The highest BCUT2D eigenvalue weighted by Crippen LogP contribution is 2.34. The molecule has 0 amide bonds. The standard InChI is InChI=1S/C19H20N2O4S/c1-13-3-5-16(6-4-13)19-18(14(2)25-21-19)15-7-9-17(10-8-15)26(23,24)20-11-12-22/h3-10,20,22H,11-12H2,1-2H3. The Hall–Kier alpha value is -2.48. The lowest BCUT2D eigenvalue weighted by Gasteiger charge is -2.07. The van der Waals surface area contributed by atoms with Crippen molar-refractivity contribution >= 4 is 10.0 Å². The fraction of sp³-hybridized carbons (Fsp3) is 0.211. The Morgan fingerprint density at radius 2 is 1.62 bits per heavy atom. The Balaban J connectivity index is 1.98. The van der Waals surface area contributed by atoms with E-state index in [2.05, 4.69) is 9.88 Å². The highest BCUT2D eigenvalue weighted by atomic mass is 32.2. The van der Waals surface area contributed by atoms with Gasteiger partial charge in [0.15, 0.2) is 0 Å². The summed E-state index contributed by atoms with van der Waals surface area (Å²) in [7, 11) is -3.63. The summed E-state index contributed by atoms with van der Waals surface area (Å²) in [5, 5.41) is 13.0. The van der Waals surface area contributed by atoms with Crippen LogP contribution in [0.4, 0.5) is 0 Å². The number of hydrogen-bond donors (Lipinski definition) is 2. The molecule has 26 heavy (non-hydrogen) atoms. The summed E-state index contributed by atoms with van der Waals surface area (Å²) in [6.07, 6.45) is 0. The van der Waals surface area contributed by atoms with Gasteiger partial charge in [-0.25, -0.2) is 13.1 Å². The molecular weight excluding hydrogens is 352 g/mol. The van der Waals surface area contributed by atoms with Gasteiger partial charge in [0.25, 0.3) is 0 Å². The second-order valence-corrected chi connectivity index (χ2v) is 7.74. The van der Waals surface area contributed by atoms with Crippen LogP contribution in [0.1, 0.15) is 11.3 Å². The number of aliphatic hydroxyl groups excluding tert-OH is 1. The van der Waals surface area contributed by atoms with E-state index in [1.807, 2.05) is 38.1 Å². The van der Waals surface area contributed by atoms with E-state index in [4.69, 9.17) is 9.63 Å². The maximum atomic E-state index is 12.1. The van der Waals surface area contributed by atoms with E-state index in [0.29, 0.717) is 5.76 Å². The molecule has 0 aliphatic rings. The van der Waals surface area contributed by atoms with Crippen LogP contribution < -0.4 is 4.72 Å². The molecule has 0 fully saturated rings. The number of sulfonamides is 1. The normalized spacial score (nSPS) is 11.7. The topological polar surface area (TPSA) is 92.4 Å². The molecule has 0 spiro atoms. The Labute approximate surface area is 152 Å². The van der Waals surface area contributed by atoms with Crippen LogP contribution in [-0.2, 0) is 10.0 Å². The van der Waals surface area contributed by atoms with Crippen molar-refractivity contribution < 1.29 is 18.0 Å². The highest BCUT2D eigenvalue weighted by molar-refractivity contribution is 7.89. The van der Waals surface area contributed by atoms with Gasteiger partial charge in [-0.2, -0.15) is 0 Å². The molecule has 2 N–H and O–H groups in total. The second kappa shape index (κ2) is 7.41. The van der Waals surface area contributed by atoms with E-state index >= 15 is 0 Å². The molecule has 2 aromatic carbocycles. The van der Waals surface area contributed by atoms with Crippen molar-refractivity contribution in [3.8, 4) is 22.4 Å². The molecule has 0 saturated carbocycles. The van der Waals surface area contributed by atoms with Gasteiger partial charge in [-0.1, -0.05) is 47.1 Å². The molecule has 0 bridgehead atoms. The molecule has 0 radical (unpaired) electrons. The number of hydrogen-bond acceptors (Lipinski definition) is 5. The monoisotopic (exact) mass is 372 g/mol. The van der Waals surface area contributed by atoms with E-state index in [1.54, 1.807) is 12.1 Å². The lowest BCUT2D eigenvalue weighted by molar-refractivity contribution is 0.301. The first kappa shape index (κ1) is 18.3. The number of aryl methyl sites for hydroxylation is 2. The number of rotatable bonds is 6. The summed E-state index contributed by atoms with van der Waals surface area (Å²) in [6.45, 7) is 3.57. The first-order valence-electron chi connectivity index (χ1n) is 8.16. The Bertz CT molecular complexity index is 991. The average molecular weight is 372 g/mol. The van der Waals surface area contributed by atoms with Gasteiger partial charge < -0.3 is 9.63 Å². The van der Waals surface area contributed by atoms with Crippen molar-refractivity contribution in [1.29, 1.82) is 0 Å². The lowest BCUT2D eigenvalue weighted by atomic mass is 9.99. The van der Waals surface area contributed by atoms with Crippen LogP contribution in [0.3, 0.4) is 0 Å². The van der Waals surface area contributed by atoms with Crippen LogP contribution >= 0.6 is 0 Å². The van der Waals surface area contributed by atoms with E-state index in [1.165, 1.54) is 12.1 Å². The van der Waals surface area contributed by atoms with Crippen LogP contribution in [-0.4, -0.2) is 31.8 Å². The third kappa shape index (κ3) is 3.70. The van der Waals surface area contributed by atoms with Crippen LogP contribution in [0.5, 0.6) is 0 Å². The predicted molar refractivity (Wildman–Crippen MR) is 99.1 cm³/mol. The Morgan fingerprint density at radius 3 is 2.23 bits per heavy atom. The van der Waals surface area contributed by atoms with Crippen LogP contribution in [0.2, 0.25) is 0 Å². The fourth-order valence-electron chi connectivity index (χ4n) is 2.68. The van der Waals surface area contributed by atoms with Gasteiger partial charge in [0.2, 0.25) is 10.0 Å². The summed E-state index contributed by atoms with van der Waals surface area (Å²) in [5.41, 5.74) is 4.46. The van der Waals surface area contributed by atoms with Crippen molar-refractivity contribution in [3.63, 3.8) is 0 Å². The first-order chi connectivity index (χ1) is 12.4. The molecule has 136 valence electrons. The average Bonchev–Trinajstić information content (AvgIpc) is 3.02. The highest BCUT2D eigenvalue weighted by Gasteiger charge is 2.18. The summed E-state index contributed by atoms with van der Waals surface area (Å²) in [4.78, 5) is 0.140. The Morgan fingerprint density at radius 1 is 1.00 bits per heavy atom. The molecule has 6 nitrogen and oxygen atoms in total. The number of nitrogens with zero attached hydrogens (tertiary/aromatic N) is 1. The van der Waals surface area contributed by atoms with Crippen LogP contribution in [0, 0.1) is 13.8 Å². The molecular formula is C19H20N2O4S. The number of aromatic nitrogens is 1.